The van der Waals surface area contributed by atoms with Crippen molar-refractivity contribution >= 4 is 5.69 Å². The number of aromatic nitrogens is 2. The van der Waals surface area contributed by atoms with Crippen molar-refractivity contribution in [2.45, 2.75) is 0 Å². The minimum absolute atomic E-state index is 0.754. The molecule has 0 spiro atoms. The molecule has 0 unspecified atom stereocenters. The van der Waals surface area contributed by atoms with Crippen molar-refractivity contribution in [3.63, 3.8) is 0 Å². The number of hydrogen-bond donors (Lipinski definition) is 1. The van der Waals surface area contributed by atoms with Crippen LogP contribution in [0.5, 0.6) is 0 Å². The van der Waals surface area contributed by atoms with E-state index in [-0.39, 0.29) is 0 Å². The van der Waals surface area contributed by atoms with E-state index in [1.807, 2.05) is 48.5 Å². The summed E-state index contributed by atoms with van der Waals surface area (Å²) >= 11 is 0. The Bertz CT molecular complexity index is 985. The van der Waals surface area contributed by atoms with Gasteiger partial charge in [-0.2, -0.15) is 0 Å². The number of nitrogens with two attached hydrogens (primary N) is 1. The highest BCUT2D eigenvalue weighted by molar-refractivity contribution is 5.82. The predicted molar refractivity (Wildman–Crippen MR) is 104 cm³/mol. The SMILES string of the molecule is Cn1c(-c2ccc(N)cc2)nc(-c2ccccc2)c1-c1ccccc1. The van der Waals surface area contributed by atoms with Gasteiger partial charge in [-0.1, -0.05) is 60.7 Å². The average Bonchev–Trinajstić information content (AvgIpc) is 3.01. The maximum atomic E-state index is 5.83. The minimum atomic E-state index is 0.754. The fourth-order valence-electron chi connectivity index (χ4n) is 3.11. The van der Waals surface area contributed by atoms with Gasteiger partial charge in [0.15, 0.2) is 0 Å². The summed E-state index contributed by atoms with van der Waals surface area (Å²) in [6, 6.07) is 28.5. The number of nitrogens with zero attached hydrogens (tertiary/aromatic N) is 2. The highest BCUT2D eigenvalue weighted by Gasteiger charge is 2.18. The van der Waals surface area contributed by atoms with Gasteiger partial charge >= 0.3 is 0 Å². The van der Waals surface area contributed by atoms with Crippen molar-refractivity contribution in [1.82, 2.24) is 9.55 Å². The first-order valence-electron chi connectivity index (χ1n) is 8.27. The first-order valence-corrected chi connectivity index (χ1v) is 8.27. The molecule has 0 amide bonds. The number of hydrogen-bond acceptors (Lipinski definition) is 2. The highest BCUT2D eigenvalue weighted by atomic mass is 15.1. The molecule has 2 N–H and O–H groups in total. The third-order valence-electron chi connectivity index (χ3n) is 4.36. The lowest BCUT2D eigenvalue weighted by atomic mass is 10.1. The molecular weight excluding hydrogens is 306 g/mol. The van der Waals surface area contributed by atoms with Crippen molar-refractivity contribution in [3.8, 4) is 33.9 Å². The maximum absolute atomic E-state index is 5.83. The Morgan fingerprint density at radius 3 is 1.84 bits per heavy atom. The van der Waals surface area contributed by atoms with E-state index in [1.54, 1.807) is 0 Å². The molecule has 0 aliphatic heterocycles. The van der Waals surface area contributed by atoms with Crippen LogP contribution < -0.4 is 5.73 Å². The van der Waals surface area contributed by atoms with E-state index in [9.17, 15) is 0 Å². The molecule has 0 saturated heterocycles. The van der Waals surface area contributed by atoms with Gasteiger partial charge in [0.05, 0.1) is 11.4 Å². The number of rotatable bonds is 3. The standard InChI is InChI=1S/C22H19N3/c1-25-21(17-10-6-3-7-11-17)20(16-8-4-2-5-9-16)24-22(25)18-12-14-19(23)15-13-18/h2-15H,23H2,1H3. The molecule has 0 atom stereocenters. The van der Waals surface area contributed by atoms with Crippen LogP contribution in [0.15, 0.2) is 84.9 Å². The van der Waals surface area contributed by atoms with Crippen LogP contribution in [0.3, 0.4) is 0 Å². The summed E-state index contributed by atoms with van der Waals surface area (Å²) in [5.41, 5.74) is 12.0. The van der Waals surface area contributed by atoms with E-state index >= 15 is 0 Å². The van der Waals surface area contributed by atoms with Gasteiger partial charge in [-0.05, 0) is 24.3 Å². The van der Waals surface area contributed by atoms with Crippen molar-refractivity contribution in [2.24, 2.45) is 7.05 Å². The molecule has 122 valence electrons. The molecule has 4 rings (SSSR count). The van der Waals surface area contributed by atoms with Crippen molar-refractivity contribution in [3.05, 3.63) is 84.9 Å². The van der Waals surface area contributed by atoms with Gasteiger partial charge in [-0.25, -0.2) is 4.98 Å². The quantitative estimate of drug-likeness (QED) is 0.538. The molecule has 4 aromatic rings. The molecule has 1 heterocycles. The Morgan fingerprint density at radius 2 is 1.24 bits per heavy atom. The average molecular weight is 325 g/mol. The molecule has 3 nitrogen and oxygen atoms in total. The summed E-state index contributed by atoms with van der Waals surface area (Å²) in [4.78, 5) is 4.98. The van der Waals surface area contributed by atoms with Crippen LogP contribution in [0.25, 0.3) is 33.9 Å². The molecule has 0 radical (unpaired) electrons. The molecular formula is C22H19N3. The van der Waals surface area contributed by atoms with Crippen LogP contribution in [-0.2, 0) is 7.05 Å². The lowest BCUT2D eigenvalue weighted by Crippen LogP contribution is -1.96. The first-order chi connectivity index (χ1) is 12.2. The van der Waals surface area contributed by atoms with Gasteiger partial charge in [0, 0.05) is 29.4 Å². The van der Waals surface area contributed by atoms with E-state index in [2.05, 4.69) is 48.0 Å². The maximum Gasteiger partial charge on any atom is 0.140 e. The van der Waals surface area contributed by atoms with Crippen LogP contribution in [0.1, 0.15) is 0 Å². The fourth-order valence-corrected chi connectivity index (χ4v) is 3.11. The van der Waals surface area contributed by atoms with Crippen LogP contribution in [0.2, 0.25) is 0 Å². The number of nitrogen functional groups attached to an aromatic ring is 1. The molecule has 3 heteroatoms. The van der Waals surface area contributed by atoms with Crippen molar-refractivity contribution in [2.75, 3.05) is 5.73 Å². The summed E-state index contributed by atoms with van der Waals surface area (Å²) in [7, 11) is 2.06. The zero-order valence-electron chi connectivity index (χ0n) is 14.1. The predicted octanol–water partition coefficient (Wildman–Crippen LogP) is 5.00. The number of imidazole rings is 1. The Labute approximate surface area is 147 Å². The molecule has 1 aromatic heterocycles. The third kappa shape index (κ3) is 2.81. The van der Waals surface area contributed by atoms with Crippen LogP contribution >= 0.6 is 0 Å². The van der Waals surface area contributed by atoms with E-state index in [1.165, 1.54) is 0 Å². The van der Waals surface area contributed by atoms with Gasteiger partial charge < -0.3 is 10.3 Å². The molecule has 0 bridgehead atoms. The summed E-state index contributed by atoms with van der Waals surface area (Å²) in [5, 5.41) is 0. The Kier molecular flexibility index (Phi) is 3.82. The van der Waals surface area contributed by atoms with E-state index in [4.69, 9.17) is 10.7 Å². The van der Waals surface area contributed by atoms with E-state index in [0.717, 1.165) is 39.6 Å². The van der Waals surface area contributed by atoms with Crippen LogP contribution in [0, 0.1) is 0 Å². The Hall–Kier alpha value is -3.33. The summed E-state index contributed by atoms with van der Waals surface area (Å²) in [6.07, 6.45) is 0. The second-order valence-corrected chi connectivity index (χ2v) is 6.05. The second-order valence-electron chi connectivity index (χ2n) is 6.05. The Balaban J connectivity index is 1.97. The summed E-state index contributed by atoms with van der Waals surface area (Å²) < 4.78 is 2.16. The number of benzene rings is 3. The molecule has 0 fully saturated rings. The molecule has 0 aliphatic rings. The van der Waals surface area contributed by atoms with Gasteiger partial charge in [0.1, 0.15) is 5.82 Å². The van der Waals surface area contributed by atoms with Gasteiger partial charge in [-0.15, -0.1) is 0 Å². The zero-order valence-corrected chi connectivity index (χ0v) is 14.1. The van der Waals surface area contributed by atoms with Gasteiger partial charge in [0.2, 0.25) is 0 Å². The smallest absolute Gasteiger partial charge is 0.140 e. The third-order valence-corrected chi connectivity index (χ3v) is 4.36. The van der Waals surface area contributed by atoms with Crippen molar-refractivity contribution in [1.29, 1.82) is 0 Å². The normalized spacial score (nSPS) is 10.8. The molecule has 25 heavy (non-hydrogen) atoms. The zero-order chi connectivity index (χ0) is 17.2. The van der Waals surface area contributed by atoms with Gasteiger partial charge in [-0.3, -0.25) is 0 Å². The lowest BCUT2D eigenvalue weighted by Gasteiger charge is -2.08. The summed E-state index contributed by atoms with van der Waals surface area (Å²) in [6.45, 7) is 0. The minimum Gasteiger partial charge on any atom is -0.399 e. The Morgan fingerprint density at radius 1 is 0.680 bits per heavy atom. The first kappa shape index (κ1) is 15.2. The lowest BCUT2D eigenvalue weighted by molar-refractivity contribution is 0.933. The summed E-state index contributed by atoms with van der Waals surface area (Å²) in [5.74, 6) is 0.928. The largest absolute Gasteiger partial charge is 0.399 e. The van der Waals surface area contributed by atoms with E-state index < -0.39 is 0 Å². The highest BCUT2D eigenvalue weighted by Crippen LogP contribution is 2.35. The monoisotopic (exact) mass is 325 g/mol. The van der Waals surface area contributed by atoms with Crippen LogP contribution in [-0.4, -0.2) is 9.55 Å². The molecule has 0 aliphatic carbocycles. The fraction of sp³-hybridized carbons (Fsp3) is 0.0455. The van der Waals surface area contributed by atoms with E-state index in [0.29, 0.717) is 0 Å². The molecule has 0 saturated carbocycles. The van der Waals surface area contributed by atoms with Crippen LogP contribution in [0.4, 0.5) is 5.69 Å². The molecule has 3 aromatic carbocycles. The number of anilines is 1. The topological polar surface area (TPSA) is 43.8 Å². The van der Waals surface area contributed by atoms with Crippen molar-refractivity contribution < 1.29 is 0 Å². The van der Waals surface area contributed by atoms with Gasteiger partial charge in [0.25, 0.3) is 0 Å². The second kappa shape index (κ2) is 6.29.